The van der Waals surface area contributed by atoms with E-state index in [1.807, 2.05) is 0 Å². The van der Waals surface area contributed by atoms with E-state index in [-0.39, 0.29) is 0 Å². The zero-order valence-corrected chi connectivity index (χ0v) is 15.1. The monoisotopic (exact) mass is 338 g/mol. The molecule has 3 heteroatoms. The quantitative estimate of drug-likeness (QED) is 0.693. The smallest absolute Gasteiger partial charge is 0.119 e. The number of piperidine rings is 1. The molecule has 0 amide bonds. The van der Waals surface area contributed by atoms with Gasteiger partial charge in [0.15, 0.2) is 0 Å². The first-order valence-corrected chi connectivity index (χ1v) is 9.59. The number of ether oxygens (including phenoxy) is 1. The maximum atomic E-state index is 5.88. The first kappa shape index (κ1) is 18.0. The van der Waals surface area contributed by atoms with Crippen LogP contribution in [0.25, 0.3) is 0 Å². The molecule has 3 rings (SSSR count). The zero-order valence-electron chi connectivity index (χ0n) is 15.1. The van der Waals surface area contributed by atoms with Gasteiger partial charge in [0.25, 0.3) is 0 Å². The van der Waals surface area contributed by atoms with Gasteiger partial charge in [0.05, 0.1) is 6.61 Å². The van der Waals surface area contributed by atoms with E-state index in [1.54, 1.807) is 0 Å². The Bertz CT molecular complexity index is 591. The molecule has 0 radical (unpaired) electrons. The zero-order chi connectivity index (χ0) is 17.2. The lowest BCUT2D eigenvalue weighted by molar-refractivity contribution is 0.205. The van der Waals surface area contributed by atoms with Crippen LogP contribution < -0.4 is 10.1 Å². The minimum atomic E-state index is 0.808. The summed E-state index contributed by atoms with van der Waals surface area (Å²) in [6, 6.07) is 19.0. The number of benzene rings is 2. The third-order valence-corrected chi connectivity index (χ3v) is 4.76. The summed E-state index contributed by atoms with van der Waals surface area (Å²) in [4.78, 5) is 2.56. The fourth-order valence-corrected chi connectivity index (χ4v) is 3.31. The molecule has 0 bridgehead atoms. The van der Waals surface area contributed by atoms with Crippen LogP contribution in [-0.4, -0.2) is 31.1 Å². The van der Waals surface area contributed by atoms with Crippen LogP contribution in [-0.2, 0) is 13.1 Å². The van der Waals surface area contributed by atoms with Crippen molar-refractivity contribution < 1.29 is 4.74 Å². The number of hydrogen-bond acceptors (Lipinski definition) is 3. The lowest BCUT2D eigenvalue weighted by atomic mass is 10.1. The number of hydrogen-bond donors (Lipinski definition) is 1. The summed E-state index contributed by atoms with van der Waals surface area (Å²) in [7, 11) is 0. The summed E-state index contributed by atoms with van der Waals surface area (Å²) < 4.78 is 5.88. The average molecular weight is 338 g/mol. The van der Waals surface area contributed by atoms with E-state index in [9.17, 15) is 0 Å². The van der Waals surface area contributed by atoms with Crippen molar-refractivity contribution in [1.82, 2.24) is 10.2 Å². The molecular formula is C22H30N2O. The Morgan fingerprint density at radius 2 is 1.48 bits per heavy atom. The van der Waals surface area contributed by atoms with E-state index in [0.29, 0.717) is 0 Å². The van der Waals surface area contributed by atoms with Gasteiger partial charge in [0.1, 0.15) is 5.75 Å². The van der Waals surface area contributed by atoms with Crippen LogP contribution in [0.1, 0.15) is 36.8 Å². The molecular weight excluding hydrogens is 308 g/mol. The Balaban J connectivity index is 1.31. The van der Waals surface area contributed by atoms with Crippen LogP contribution in [0.4, 0.5) is 0 Å². The van der Waals surface area contributed by atoms with Crippen molar-refractivity contribution in [2.24, 2.45) is 0 Å². The molecule has 25 heavy (non-hydrogen) atoms. The van der Waals surface area contributed by atoms with Gasteiger partial charge in [0.2, 0.25) is 0 Å². The topological polar surface area (TPSA) is 24.5 Å². The van der Waals surface area contributed by atoms with E-state index in [0.717, 1.165) is 31.9 Å². The fraction of sp³-hybridized carbons (Fsp3) is 0.455. The highest BCUT2D eigenvalue weighted by atomic mass is 16.5. The lowest BCUT2D eigenvalue weighted by Gasteiger charge is -2.26. The molecule has 134 valence electrons. The SMILES string of the molecule is c1ccc(CNCc2ccc(OCCCN3CCCCC3)cc2)cc1. The van der Waals surface area contributed by atoms with Crippen molar-refractivity contribution in [3.05, 3.63) is 65.7 Å². The number of rotatable bonds is 9. The minimum Gasteiger partial charge on any atom is -0.494 e. The maximum absolute atomic E-state index is 5.88. The molecule has 0 aliphatic carbocycles. The fourth-order valence-electron chi connectivity index (χ4n) is 3.31. The summed E-state index contributed by atoms with van der Waals surface area (Å²) in [6.45, 7) is 6.29. The predicted octanol–water partition coefficient (Wildman–Crippen LogP) is 4.23. The molecule has 1 N–H and O–H groups in total. The molecule has 0 saturated carbocycles. The molecule has 1 saturated heterocycles. The lowest BCUT2D eigenvalue weighted by Crippen LogP contribution is -2.31. The van der Waals surface area contributed by atoms with E-state index in [4.69, 9.17) is 4.74 Å². The van der Waals surface area contributed by atoms with E-state index in [1.165, 1.54) is 50.0 Å². The standard InChI is InChI=1S/C22H30N2O/c1-3-8-20(9-4-1)18-23-19-21-10-12-22(13-11-21)25-17-7-16-24-14-5-2-6-15-24/h1,3-4,8-13,23H,2,5-7,14-19H2. The van der Waals surface area contributed by atoms with Gasteiger partial charge >= 0.3 is 0 Å². The van der Waals surface area contributed by atoms with Gasteiger partial charge in [-0.1, -0.05) is 48.9 Å². The highest BCUT2D eigenvalue weighted by molar-refractivity contribution is 5.27. The van der Waals surface area contributed by atoms with Crippen LogP contribution in [0, 0.1) is 0 Å². The number of likely N-dealkylation sites (tertiary alicyclic amines) is 1. The molecule has 0 atom stereocenters. The molecule has 3 nitrogen and oxygen atoms in total. The number of nitrogens with one attached hydrogen (secondary N) is 1. The Hall–Kier alpha value is -1.84. The summed E-state index contributed by atoms with van der Waals surface area (Å²) >= 11 is 0. The molecule has 1 fully saturated rings. The van der Waals surface area contributed by atoms with E-state index < -0.39 is 0 Å². The van der Waals surface area contributed by atoms with Crippen LogP contribution in [0.5, 0.6) is 5.75 Å². The second kappa shape index (κ2) is 10.2. The third kappa shape index (κ3) is 6.52. The van der Waals surface area contributed by atoms with E-state index >= 15 is 0 Å². The second-order valence-corrected chi connectivity index (χ2v) is 6.84. The van der Waals surface area contributed by atoms with Crippen molar-refractivity contribution >= 4 is 0 Å². The van der Waals surface area contributed by atoms with Gasteiger partial charge < -0.3 is 15.0 Å². The van der Waals surface area contributed by atoms with Gasteiger partial charge in [0, 0.05) is 19.6 Å². The highest BCUT2D eigenvalue weighted by Crippen LogP contribution is 2.13. The van der Waals surface area contributed by atoms with Crippen molar-refractivity contribution in [2.45, 2.75) is 38.8 Å². The minimum absolute atomic E-state index is 0.808. The van der Waals surface area contributed by atoms with Crippen molar-refractivity contribution in [3.63, 3.8) is 0 Å². The van der Waals surface area contributed by atoms with Crippen LogP contribution in [0.2, 0.25) is 0 Å². The normalized spacial score (nSPS) is 15.2. The van der Waals surface area contributed by atoms with Gasteiger partial charge in [-0.05, 0) is 55.6 Å². The molecule has 1 aliphatic rings. The van der Waals surface area contributed by atoms with Gasteiger partial charge in [-0.3, -0.25) is 0 Å². The van der Waals surface area contributed by atoms with Gasteiger partial charge in [-0.15, -0.1) is 0 Å². The molecule has 0 unspecified atom stereocenters. The first-order valence-electron chi connectivity index (χ1n) is 9.59. The van der Waals surface area contributed by atoms with Crippen molar-refractivity contribution in [3.8, 4) is 5.75 Å². The summed E-state index contributed by atoms with van der Waals surface area (Å²) in [6.07, 6.45) is 5.24. The third-order valence-electron chi connectivity index (χ3n) is 4.76. The number of nitrogens with zero attached hydrogens (tertiary/aromatic N) is 1. The molecule has 2 aromatic carbocycles. The molecule has 1 aliphatic heterocycles. The second-order valence-electron chi connectivity index (χ2n) is 6.84. The largest absolute Gasteiger partial charge is 0.494 e. The molecule has 0 spiro atoms. The highest BCUT2D eigenvalue weighted by Gasteiger charge is 2.08. The molecule has 1 heterocycles. The Kier molecular flexibility index (Phi) is 7.34. The summed E-state index contributed by atoms with van der Waals surface area (Å²) in [5.74, 6) is 0.977. The predicted molar refractivity (Wildman–Crippen MR) is 104 cm³/mol. The average Bonchev–Trinajstić information content (AvgIpc) is 2.68. The van der Waals surface area contributed by atoms with Crippen LogP contribution in [0.15, 0.2) is 54.6 Å². The Morgan fingerprint density at radius 1 is 0.800 bits per heavy atom. The first-order chi connectivity index (χ1) is 12.4. The van der Waals surface area contributed by atoms with Crippen LogP contribution >= 0.6 is 0 Å². The van der Waals surface area contributed by atoms with Crippen molar-refractivity contribution in [1.29, 1.82) is 0 Å². The maximum Gasteiger partial charge on any atom is 0.119 e. The van der Waals surface area contributed by atoms with Crippen molar-refractivity contribution in [2.75, 3.05) is 26.2 Å². The Labute approximate surface area is 152 Å². The molecule has 2 aromatic rings. The summed E-state index contributed by atoms with van der Waals surface area (Å²) in [5.41, 5.74) is 2.60. The Morgan fingerprint density at radius 3 is 2.20 bits per heavy atom. The van der Waals surface area contributed by atoms with Gasteiger partial charge in [-0.25, -0.2) is 0 Å². The summed E-state index contributed by atoms with van der Waals surface area (Å²) in [5, 5.41) is 3.48. The van der Waals surface area contributed by atoms with Gasteiger partial charge in [-0.2, -0.15) is 0 Å². The molecule has 0 aromatic heterocycles. The van der Waals surface area contributed by atoms with Crippen LogP contribution in [0.3, 0.4) is 0 Å². The van der Waals surface area contributed by atoms with E-state index in [2.05, 4.69) is 64.8 Å².